The third-order valence-corrected chi connectivity index (χ3v) is 5.61. The highest BCUT2D eigenvalue weighted by atomic mass is 16.2. The maximum Gasteiger partial charge on any atom is 0.325 e. The van der Waals surface area contributed by atoms with Gasteiger partial charge in [0.25, 0.3) is 5.91 Å². The van der Waals surface area contributed by atoms with Crippen molar-refractivity contribution in [3.05, 3.63) is 71.8 Å². The molecule has 1 aliphatic heterocycles. The number of rotatable bonds is 9. The number of nitrogens with zero attached hydrogens (tertiary/aromatic N) is 1. The Bertz CT molecular complexity index is 914. The van der Waals surface area contributed by atoms with Crippen molar-refractivity contribution in [2.75, 3.05) is 6.54 Å². The molecule has 0 aromatic heterocycles. The van der Waals surface area contributed by atoms with E-state index in [-0.39, 0.29) is 24.4 Å². The largest absolute Gasteiger partial charge is 0.348 e. The lowest BCUT2D eigenvalue weighted by Crippen LogP contribution is -2.45. The molecule has 1 heterocycles. The Morgan fingerprint density at radius 2 is 1.65 bits per heavy atom. The van der Waals surface area contributed by atoms with Gasteiger partial charge in [-0.05, 0) is 29.9 Å². The van der Waals surface area contributed by atoms with Gasteiger partial charge in [-0.2, -0.15) is 0 Å². The topological polar surface area (TPSA) is 78.5 Å². The molecule has 1 saturated heterocycles. The Kier molecular flexibility index (Phi) is 7.10. The van der Waals surface area contributed by atoms with Crippen LogP contribution in [-0.2, 0) is 15.1 Å². The van der Waals surface area contributed by atoms with Crippen molar-refractivity contribution in [1.29, 1.82) is 0 Å². The fourth-order valence-corrected chi connectivity index (χ4v) is 4.20. The number of carbonyl (C=O) groups excluding carboxylic acids is 3. The highest BCUT2D eigenvalue weighted by Crippen LogP contribution is 2.33. The van der Waals surface area contributed by atoms with Gasteiger partial charge in [0.1, 0.15) is 12.1 Å². The standard InChI is InChI=1S/C25H31N3O3/c1-4-15-25(20-13-9-6-10-14-20)23(30)28(24(31)27-25)17-22(29)26-21(16-18(2)3)19-11-7-5-8-12-19/h5-14,18,21H,4,15-17H2,1-3H3,(H,26,29)(H,27,31)/t21-,25+/m0/s1. The van der Waals surface area contributed by atoms with Gasteiger partial charge in [-0.25, -0.2) is 4.79 Å². The van der Waals surface area contributed by atoms with Crippen molar-refractivity contribution in [2.45, 2.75) is 51.6 Å². The van der Waals surface area contributed by atoms with Crippen molar-refractivity contribution in [3.8, 4) is 0 Å². The van der Waals surface area contributed by atoms with Crippen molar-refractivity contribution in [3.63, 3.8) is 0 Å². The quantitative estimate of drug-likeness (QED) is 0.598. The van der Waals surface area contributed by atoms with Crippen LogP contribution in [0.1, 0.15) is 57.2 Å². The molecule has 0 saturated carbocycles. The van der Waals surface area contributed by atoms with E-state index in [1.54, 1.807) is 0 Å². The molecule has 0 spiro atoms. The summed E-state index contributed by atoms with van der Waals surface area (Å²) in [4.78, 5) is 40.0. The lowest BCUT2D eigenvalue weighted by molar-refractivity contribution is -0.135. The van der Waals surface area contributed by atoms with E-state index in [0.29, 0.717) is 18.8 Å². The van der Waals surface area contributed by atoms with Crippen molar-refractivity contribution in [1.82, 2.24) is 15.5 Å². The molecular formula is C25H31N3O3. The second kappa shape index (κ2) is 9.77. The number of carbonyl (C=O) groups is 3. The molecule has 2 N–H and O–H groups in total. The van der Waals surface area contributed by atoms with Crippen LogP contribution in [0.2, 0.25) is 0 Å². The molecule has 0 bridgehead atoms. The van der Waals surface area contributed by atoms with Crippen LogP contribution in [0.5, 0.6) is 0 Å². The first-order valence-corrected chi connectivity index (χ1v) is 10.9. The average Bonchev–Trinajstić information content (AvgIpc) is 2.99. The molecule has 4 amide bonds. The summed E-state index contributed by atoms with van der Waals surface area (Å²) >= 11 is 0. The predicted molar refractivity (Wildman–Crippen MR) is 120 cm³/mol. The van der Waals surface area contributed by atoms with Crippen molar-refractivity contribution < 1.29 is 14.4 Å². The molecule has 31 heavy (non-hydrogen) atoms. The lowest BCUT2D eigenvalue weighted by atomic mass is 9.85. The predicted octanol–water partition coefficient (Wildman–Crippen LogP) is 4.14. The molecule has 2 aromatic rings. The van der Waals surface area contributed by atoms with Crippen LogP contribution in [-0.4, -0.2) is 29.3 Å². The molecule has 2 aromatic carbocycles. The summed E-state index contributed by atoms with van der Waals surface area (Å²) in [5.41, 5.74) is 0.621. The lowest BCUT2D eigenvalue weighted by Gasteiger charge is -2.27. The van der Waals surface area contributed by atoms with Gasteiger partial charge in [-0.15, -0.1) is 0 Å². The van der Waals surface area contributed by atoms with Crippen LogP contribution in [0.25, 0.3) is 0 Å². The second-order valence-electron chi connectivity index (χ2n) is 8.50. The van der Waals surface area contributed by atoms with Crippen LogP contribution in [0.15, 0.2) is 60.7 Å². The van der Waals surface area contributed by atoms with Crippen molar-refractivity contribution >= 4 is 17.8 Å². The van der Waals surface area contributed by atoms with Gasteiger partial charge in [0.2, 0.25) is 5.91 Å². The van der Waals surface area contributed by atoms with E-state index in [9.17, 15) is 14.4 Å². The maximum atomic E-state index is 13.4. The summed E-state index contributed by atoms with van der Waals surface area (Å²) in [7, 11) is 0. The Labute approximate surface area is 184 Å². The van der Waals surface area contributed by atoms with Gasteiger partial charge in [0.05, 0.1) is 6.04 Å². The van der Waals surface area contributed by atoms with E-state index < -0.39 is 11.6 Å². The van der Waals surface area contributed by atoms with Crippen molar-refractivity contribution in [2.24, 2.45) is 5.92 Å². The van der Waals surface area contributed by atoms with Gasteiger partial charge in [-0.1, -0.05) is 87.9 Å². The summed E-state index contributed by atoms with van der Waals surface area (Å²) in [5.74, 6) is -0.350. The minimum atomic E-state index is -1.12. The molecule has 6 nitrogen and oxygen atoms in total. The number of urea groups is 1. The van der Waals surface area contributed by atoms with E-state index in [2.05, 4.69) is 24.5 Å². The Balaban J connectivity index is 1.77. The van der Waals surface area contributed by atoms with Gasteiger partial charge in [-0.3, -0.25) is 14.5 Å². The maximum absolute atomic E-state index is 13.4. The minimum absolute atomic E-state index is 0.177. The number of benzene rings is 2. The summed E-state index contributed by atoms with van der Waals surface area (Å²) in [5, 5.41) is 5.88. The zero-order valence-corrected chi connectivity index (χ0v) is 18.4. The first-order chi connectivity index (χ1) is 14.9. The number of nitrogens with one attached hydrogen (secondary N) is 2. The normalized spacial score (nSPS) is 19.4. The Morgan fingerprint density at radius 1 is 1.03 bits per heavy atom. The highest BCUT2D eigenvalue weighted by molar-refractivity contribution is 6.09. The number of imide groups is 1. The molecule has 6 heteroatoms. The third-order valence-electron chi connectivity index (χ3n) is 5.61. The summed E-state index contributed by atoms with van der Waals surface area (Å²) in [6, 6.07) is 18.3. The van der Waals surface area contributed by atoms with Crippen LogP contribution in [0.3, 0.4) is 0 Å². The first kappa shape index (κ1) is 22.5. The van der Waals surface area contributed by atoms with E-state index >= 15 is 0 Å². The fourth-order valence-electron chi connectivity index (χ4n) is 4.20. The Morgan fingerprint density at radius 3 is 2.23 bits per heavy atom. The second-order valence-corrected chi connectivity index (χ2v) is 8.50. The highest BCUT2D eigenvalue weighted by Gasteiger charge is 2.52. The number of amides is 4. The zero-order chi connectivity index (χ0) is 22.4. The minimum Gasteiger partial charge on any atom is -0.348 e. The van der Waals surface area contributed by atoms with E-state index in [1.807, 2.05) is 67.6 Å². The molecule has 164 valence electrons. The first-order valence-electron chi connectivity index (χ1n) is 10.9. The smallest absolute Gasteiger partial charge is 0.325 e. The average molecular weight is 422 g/mol. The van der Waals surface area contributed by atoms with E-state index in [1.165, 1.54) is 0 Å². The molecule has 3 rings (SSSR count). The molecule has 0 radical (unpaired) electrons. The zero-order valence-electron chi connectivity index (χ0n) is 18.4. The third kappa shape index (κ3) is 4.95. The van der Waals surface area contributed by atoms with Crippen LogP contribution in [0.4, 0.5) is 4.79 Å². The molecule has 0 aliphatic carbocycles. The fraction of sp³-hybridized carbons (Fsp3) is 0.400. The Hall–Kier alpha value is -3.15. The summed E-state index contributed by atoms with van der Waals surface area (Å²) in [6.07, 6.45) is 1.95. The summed E-state index contributed by atoms with van der Waals surface area (Å²) < 4.78 is 0. The van der Waals surface area contributed by atoms with Gasteiger partial charge in [0.15, 0.2) is 0 Å². The summed E-state index contributed by atoms with van der Waals surface area (Å²) in [6.45, 7) is 5.86. The van der Waals surface area contributed by atoms with Gasteiger partial charge in [0, 0.05) is 0 Å². The monoisotopic (exact) mass is 421 g/mol. The van der Waals surface area contributed by atoms with Crippen LogP contribution < -0.4 is 10.6 Å². The van der Waals surface area contributed by atoms with E-state index in [0.717, 1.165) is 22.4 Å². The SMILES string of the molecule is CCC[C@]1(c2ccccc2)NC(=O)N(CC(=O)N[C@@H](CC(C)C)c2ccccc2)C1=O. The molecule has 1 fully saturated rings. The van der Waals surface area contributed by atoms with E-state index in [4.69, 9.17) is 0 Å². The molecule has 1 aliphatic rings. The van der Waals surface area contributed by atoms with Crippen LogP contribution in [0, 0.1) is 5.92 Å². The van der Waals surface area contributed by atoms with Gasteiger partial charge < -0.3 is 10.6 Å². The molecule has 0 unspecified atom stereocenters. The molecular weight excluding hydrogens is 390 g/mol. The number of hydrogen-bond acceptors (Lipinski definition) is 3. The van der Waals surface area contributed by atoms with Gasteiger partial charge >= 0.3 is 6.03 Å². The van der Waals surface area contributed by atoms with Crippen LogP contribution >= 0.6 is 0 Å². The number of hydrogen-bond donors (Lipinski definition) is 2. The molecule has 2 atom stereocenters.